The van der Waals surface area contributed by atoms with Gasteiger partial charge < -0.3 is 9.64 Å². The van der Waals surface area contributed by atoms with Gasteiger partial charge in [0.25, 0.3) is 5.91 Å². The monoisotopic (exact) mass is 270 g/mol. The Morgan fingerprint density at radius 3 is 2.55 bits per heavy atom. The number of pyridine rings is 1. The fourth-order valence-electron chi connectivity index (χ4n) is 2.07. The molecule has 4 heteroatoms. The molecule has 4 nitrogen and oxygen atoms in total. The maximum absolute atomic E-state index is 12.4. The van der Waals surface area contributed by atoms with Crippen LogP contribution in [0.2, 0.25) is 0 Å². The molecule has 0 radical (unpaired) electrons. The van der Waals surface area contributed by atoms with Gasteiger partial charge in [-0.05, 0) is 25.1 Å². The van der Waals surface area contributed by atoms with Crippen LogP contribution >= 0.6 is 0 Å². The number of nitrogens with zero attached hydrogens (tertiary/aromatic N) is 2. The van der Waals surface area contributed by atoms with Crippen molar-refractivity contribution in [2.24, 2.45) is 0 Å². The van der Waals surface area contributed by atoms with Gasteiger partial charge >= 0.3 is 0 Å². The van der Waals surface area contributed by atoms with E-state index >= 15 is 0 Å². The summed E-state index contributed by atoms with van der Waals surface area (Å²) in [5, 5.41) is 0. The third-order valence-corrected chi connectivity index (χ3v) is 3.37. The fraction of sp³-hybridized carbons (Fsp3) is 0.250. The Morgan fingerprint density at radius 1 is 1.20 bits per heavy atom. The van der Waals surface area contributed by atoms with Crippen molar-refractivity contribution >= 4 is 5.91 Å². The molecule has 0 saturated carbocycles. The number of hydrogen-bond donors (Lipinski definition) is 0. The van der Waals surface area contributed by atoms with Gasteiger partial charge in [0.15, 0.2) is 0 Å². The molecule has 104 valence electrons. The lowest BCUT2D eigenvalue weighted by Gasteiger charge is -2.26. The number of hydrogen-bond acceptors (Lipinski definition) is 3. The zero-order chi connectivity index (χ0) is 14.5. The predicted octanol–water partition coefficient (Wildman–Crippen LogP) is 2.92. The van der Waals surface area contributed by atoms with E-state index in [2.05, 4.69) is 4.98 Å². The predicted molar refractivity (Wildman–Crippen MR) is 77.7 cm³/mol. The van der Waals surface area contributed by atoms with E-state index in [1.807, 2.05) is 37.3 Å². The van der Waals surface area contributed by atoms with Crippen LogP contribution in [-0.2, 0) is 0 Å². The van der Waals surface area contributed by atoms with Gasteiger partial charge in [-0.2, -0.15) is 0 Å². The summed E-state index contributed by atoms with van der Waals surface area (Å²) >= 11 is 0. The van der Waals surface area contributed by atoms with E-state index in [0.29, 0.717) is 5.69 Å². The standard InChI is InChI=1S/C16H18N2O2/c1-12(13-8-4-5-10-15(13)20-3)18(2)16(19)14-9-6-7-11-17-14/h4-12H,1-3H3. The second-order valence-electron chi connectivity index (χ2n) is 4.55. The average molecular weight is 270 g/mol. The first-order valence-electron chi connectivity index (χ1n) is 6.46. The Morgan fingerprint density at radius 2 is 1.90 bits per heavy atom. The Bertz CT molecular complexity index is 584. The zero-order valence-corrected chi connectivity index (χ0v) is 11.9. The van der Waals surface area contributed by atoms with Crippen LogP contribution in [0.4, 0.5) is 0 Å². The topological polar surface area (TPSA) is 42.4 Å². The number of amides is 1. The van der Waals surface area contributed by atoms with Crippen molar-refractivity contribution in [3.63, 3.8) is 0 Å². The highest BCUT2D eigenvalue weighted by Gasteiger charge is 2.21. The summed E-state index contributed by atoms with van der Waals surface area (Å²) in [4.78, 5) is 18.1. The van der Waals surface area contributed by atoms with Gasteiger partial charge in [-0.3, -0.25) is 9.78 Å². The van der Waals surface area contributed by atoms with Crippen LogP contribution in [-0.4, -0.2) is 29.9 Å². The van der Waals surface area contributed by atoms with Crippen LogP contribution in [0.1, 0.15) is 29.0 Å². The number of benzene rings is 1. The number of carbonyl (C=O) groups excluding carboxylic acids is 1. The second kappa shape index (κ2) is 6.19. The molecule has 1 amide bonds. The van der Waals surface area contributed by atoms with E-state index in [4.69, 9.17) is 4.74 Å². The molecule has 1 aromatic carbocycles. The molecule has 2 aromatic rings. The smallest absolute Gasteiger partial charge is 0.272 e. The van der Waals surface area contributed by atoms with Gasteiger partial charge in [0.05, 0.1) is 13.2 Å². The van der Waals surface area contributed by atoms with Crippen LogP contribution in [0.25, 0.3) is 0 Å². The Kier molecular flexibility index (Phi) is 4.35. The first kappa shape index (κ1) is 14.1. The Labute approximate surface area is 119 Å². The molecule has 1 unspecified atom stereocenters. The molecular weight excluding hydrogens is 252 g/mol. The highest BCUT2D eigenvalue weighted by Crippen LogP contribution is 2.28. The molecule has 20 heavy (non-hydrogen) atoms. The van der Waals surface area contributed by atoms with Gasteiger partial charge in [-0.15, -0.1) is 0 Å². The average Bonchev–Trinajstić information content (AvgIpc) is 2.53. The van der Waals surface area contributed by atoms with Crippen molar-refractivity contribution in [3.05, 3.63) is 59.9 Å². The van der Waals surface area contributed by atoms with Crippen LogP contribution in [0.15, 0.2) is 48.7 Å². The molecule has 0 aliphatic carbocycles. The fourth-order valence-corrected chi connectivity index (χ4v) is 2.07. The van der Waals surface area contributed by atoms with E-state index in [9.17, 15) is 4.79 Å². The van der Waals surface area contributed by atoms with E-state index in [0.717, 1.165) is 11.3 Å². The van der Waals surface area contributed by atoms with Crippen molar-refractivity contribution in [1.82, 2.24) is 9.88 Å². The normalized spacial score (nSPS) is 11.8. The van der Waals surface area contributed by atoms with Crippen LogP contribution < -0.4 is 4.74 Å². The summed E-state index contributed by atoms with van der Waals surface area (Å²) in [5.41, 5.74) is 1.42. The molecule has 1 aromatic heterocycles. The number of para-hydroxylation sites is 1. The molecule has 0 spiro atoms. The highest BCUT2D eigenvalue weighted by atomic mass is 16.5. The minimum atomic E-state index is -0.107. The summed E-state index contributed by atoms with van der Waals surface area (Å²) in [6.45, 7) is 1.97. The van der Waals surface area contributed by atoms with Crippen molar-refractivity contribution in [2.45, 2.75) is 13.0 Å². The van der Waals surface area contributed by atoms with Gasteiger partial charge in [-0.25, -0.2) is 0 Å². The minimum Gasteiger partial charge on any atom is -0.496 e. The summed E-state index contributed by atoms with van der Waals surface area (Å²) in [6, 6.07) is 12.9. The van der Waals surface area contributed by atoms with E-state index in [1.54, 1.807) is 37.4 Å². The van der Waals surface area contributed by atoms with E-state index in [1.165, 1.54) is 0 Å². The summed E-state index contributed by atoms with van der Waals surface area (Å²) in [7, 11) is 3.40. The number of rotatable bonds is 4. The Balaban J connectivity index is 2.24. The maximum atomic E-state index is 12.4. The molecule has 1 atom stereocenters. The second-order valence-corrected chi connectivity index (χ2v) is 4.55. The summed E-state index contributed by atoms with van der Waals surface area (Å²) in [5.74, 6) is 0.671. The number of methoxy groups -OCH3 is 1. The third kappa shape index (κ3) is 2.79. The SMILES string of the molecule is COc1ccccc1C(C)N(C)C(=O)c1ccccn1. The molecule has 0 bridgehead atoms. The molecule has 0 aliphatic rings. The molecule has 0 saturated heterocycles. The van der Waals surface area contributed by atoms with Crippen molar-refractivity contribution in [3.8, 4) is 5.75 Å². The lowest BCUT2D eigenvalue weighted by atomic mass is 10.1. The van der Waals surface area contributed by atoms with Gasteiger partial charge in [0.1, 0.15) is 11.4 Å². The molecule has 2 rings (SSSR count). The number of aromatic nitrogens is 1. The lowest BCUT2D eigenvalue weighted by Crippen LogP contribution is -2.30. The van der Waals surface area contributed by atoms with Crippen LogP contribution in [0.3, 0.4) is 0 Å². The summed E-state index contributed by atoms with van der Waals surface area (Å²) in [6.07, 6.45) is 1.62. The highest BCUT2D eigenvalue weighted by molar-refractivity contribution is 5.92. The minimum absolute atomic E-state index is 0.0966. The third-order valence-electron chi connectivity index (χ3n) is 3.37. The molecule has 0 fully saturated rings. The van der Waals surface area contributed by atoms with Crippen LogP contribution in [0, 0.1) is 0 Å². The number of carbonyl (C=O) groups is 1. The van der Waals surface area contributed by atoms with Crippen molar-refractivity contribution < 1.29 is 9.53 Å². The quantitative estimate of drug-likeness (QED) is 0.858. The molecular formula is C16H18N2O2. The summed E-state index contributed by atoms with van der Waals surface area (Å²) < 4.78 is 5.35. The molecule has 1 heterocycles. The van der Waals surface area contributed by atoms with Crippen LogP contribution in [0.5, 0.6) is 5.75 Å². The maximum Gasteiger partial charge on any atom is 0.272 e. The van der Waals surface area contributed by atoms with Gasteiger partial charge in [0, 0.05) is 18.8 Å². The largest absolute Gasteiger partial charge is 0.496 e. The van der Waals surface area contributed by atoms with Gasteiger partial charge in [0.2, 0.25) is 0 Å². The van der Waals surface area contributed by atoms with Crippen molar-refractivity contribution in [1.29, 1.82) is 0 Å². The van der Waals surface area contributed by atoms with E-state index < -0.39 is 0 Å². The van der Waals surface area contributed by atoms with E-state index in [-0.39, 0.29) is 11.9 Å². The zero-order valence-electron chi connectivity index (χ0n) is 11.9. The Hall–Kier alpha value is -2.36. The van der Waals surface area contributed by atoms with Gasteiger partial charge in [-0.1, -0.05) is 24.3 Å². The molecule has 0 aliphatic heterocycles. The first-order chi connectivity index (χ1) is 9.65. The lowest BCUT2D eigenvalue weighted by molar-refractivity contribution is 0.0735. The first-order valence-corrected chi connectivity index (χ1v) is 6.46. The number of ether oxygens (including phenoxy) is 1. The molecule has 0 N–H and O–H groups in total. The van der Waals surface area contributed by atoms with Crippen molar-refractivity contribution in [2.75, 3.05) is 14.2 Å².